The van der Waals surface area contributed by atoms with Crippen molar-refractivity contribution in [3.8, 4) is 5.75 Å². The Labute approximate surface area is 144 Å². The van der Waals surface area contributed by atoms with Gasteiger partial charge in [0, 0.05) is 24.2 Å². The van der Waals surface area contributed by atoms with Crippen LogP contribution in [0.4, 0.5) is 10.5 Å². The third-order valence-corrected chi connectivity index (χ3v) is 4.18. The lowest BCUT2D eigenvalue weighted by Crippen LogP contribution is -2.30. The zero-order valence-corrected chi connectivity index (χ0v) is 14.3. The first-order valence-electron chi connectivity index (χ1n) is 7.05. The molecule has 0 unspecified atom stereocenters. The van der Waals surface area contributed by atoms with Gasteiger partial charge in [-0.3, -0.25) is 0 Å². The van der Waals surface area contributed by atoms with E-state index in [1.165, 1.54) is 0 Å². The average Bonchev–Trinajstić information content (AvgIpc) is 2.55. The summed E-state index contributed by atoms with van der Waals surface area (Å²) in [6, 6.07) is 10.8. The summed E-state index contributed by atoms with van der Waals surface area (Å²) in [6.45, 7) is 0.574. The van der Waals surface area contributed by atoms with Crippen LogP contribution in [0.25, 0.3) is 0 Å². The molecular weight excluding hydrogens is 334 g/mol. The number of nitrogens with one attached hydrogen (secondary N) is 2. The van der Waals surface area contributed by atoms with E-state index in [4.69, 9.17) is 16.3 Å². The number of carbonyl (C=O) groups is 1. The Morgan fingerprint density at radius 1 is 1.35 bits per heavy atom. The van der Waals surface area contributed by atoms with Crippen LogP contribution in [0.15, 0.2) is 42.6 Å². The van der Waals surface area contributed by atoms with Crippen molar-refractivity contribution in [1.82, 2.24) is 10.3 Å². The first-order chi connectivity index (χ1) is 11.2. The number of methoxy groups -OCH3 is 1. The van der Waals surface area contributed by atoms with Gasteiger partial charge < -0.3 is 15.4 Å². The molecule has 2 aromatic rings. The third kappa shape index (κ3) is 6.00. The number of anilines is 1. The molecule has 7 heteroatoms. The van der Waals surface area contributed by atoms with E-state index in [0.29, 0.717) is 23.1 Å². The van der Waals surface area contributed by atoms with Crippen LogP contribution in [0.3, 0.4) is 0 Å². The van der Waals surface area contributed by atoms with E-state index in [2.05, 4.69) is 15.6 Å². The summed E-state index contributed by atoms with van der Waals surface area (Å²) in [4.78, 5) is 15.8. The van der Waals surface area contributed by atoms with Gasteiger partial charge in [0.05, 0.1) is 12.8 Å². The van der Waals surface area contributed by atoms with E-state index in [-0.39, 0.29) is 6.03 Å². The maximum atomic E-state index is 11.8. The minimum Gasteiger partial charge on any atom is -0.495 e. The van der Waals surface area contributed by atoms with E-state index >= 15 is 0 Å². The number of benzene rings is 1. The monoisotopic (exact) mass is 351 g/mol. The predicted octanol–water partition coefficient (Wildman–Crippen LogP) is 3.80. The molecule has 1 aromatic carbocycles. The molecule has 0 saturated carbocycles. The van der Waals surface area contributed by atoms with Gasteiger partial charge in [-0.15, -0.1) is 0 Å². The Morgan fingerprint density at radius 2 is 2.17 bits per heavy atom. The van der Waals surface area contributed by atoms with Crippen molar-refractivity contribution in [2.75, 3.05) is 24.7 Å². The Hall–Kier alpha value is -1.92. The number of carbonyl (C=O) groups excluding carboxylic acids is 1. The minimum atomic E-state index is -0.248. The van der Waals surface area contributed by atoms with E-state index in [1.807, 2.05) is 24.3 Å². The fourth-order valence-corrected chi connectivity index (χ4v) is 2.88. The van der Waals surface area contributed by atoms with Gasteiger partial charge >= 0.3 is 6.03 Å². The number of urea groups is 1. The van der Waals surface area contributed by atoms with Crippen molar-refractivity contribution in [1.29, 1.82) is 0 Å². The molecule has 122 valence electrons. The summed E-state index contributed by atoms with van der Waals surface area (Å²) in [6.07, 6.45) is 1.69. The van der Waals surface area contributed by atoms with Crippen molar-refractivity contribution in [3.05, 3.63) is 53.3 Å². The maximum Gasteiger partial charge on any atom is 0.319 e. The second-order valence-electron chi connectivity index (χ2n) is 4.62. The van der Waals surface area contributed by atoms with Gasteiger partial charge in [0.1, 0.15) is 10.9 Å². The highest BCUT2D eigenvalue weighted by atomic mass is 35.5. The van der Waals surface area contributed by atoms with Gasteiger partial charge in [0.15, 0.2) is 0 Å². The average molecular weight is 352 g/mol. The Kier molecular flexibility index (Phi) is 7.03. The van der Waals surface area contributed by atoms with Crippen LogP contribution >= 0.6 is 23.4 Å². The number of rotatable bonds is 7. The number of amides is 2. The van der Waals surface area contributed by atoms with Crippen LogP contribution in [-0.2, 0) is 5.75 Å². The summed E-state index contributed by atoms with van der Waals surface area (Å²) in [7, 11) is 1.57. The largest absolute Gasteiger partial charge is 0.495 e. The molecule has 0 atom stereocenters. The van der Waals surface area contributed by atoms with Crippen LogP contribution in [0.5, 0.6) is 5.75 Å². The smallest absolute Gasteiger partial charge is 0.319 e. The molecule has 2 rings (SSSR count). The molecule has 0 aliphatic carbocycles. The highest BCUT2D eigenvalue weighted by Crippen LogP contribution is 2.22. The second-order valence-corrected chi connectivity index (χ2v) is 6.11. The van der Waals surface area contributed by atoms with Crippen molar-refractivity contribution < 1.29 is 9.53 Å². The van der Waals surface area contributed by atoms with Crippen molar-refractivity contribution >= 4 is 35.1 Å². The Balaban J connectivity index is 1.67. The number of pyridine rings is 1. The Morgan fingerprint density at radius 3 is 2.96 bits per heavy atom. The van der Waals surface area contributed by atoms with Crippen molar-refractivity contribution in [2.45, 2.75) is 5.75 Å². The minimum absolute atomic E-state index is 0.248. The number of halogens is 1. The molecular formula is C16H18ClN3O2S. The van der Waals surface area contributed by atoms with Crippen LogP contribution in [0.1, 0.15) is 5.56 Å². The van der Waals surface area contributed by atoms with Crippen LogP contribution < -0.4 is 15.4 Å². The van der Waals surface area contributed by atoms with Crippen molar-refractivity contribution in [2.24, 2.45) is 0 Å². The number of nitrogens with zero attached hydrogens (tertiary/aromatic N) is 1. The fourth-order valence-electron chi connectivity index (χ4n) is 1.87. The van der Waals surface area contributed by atoms with Crippen LogP contribution in [0, 0.1) is 0 Å². The lowest BCUT2D eigenvalue weighted by Gasteiger charge is -2.10. The SMILES string of the molecule is COc1ccccc1NC(=O)NCCSCc1ccnc(Cl)c1. The summed E-state index contributed by atoms with van der Waals surface area (Å²) in [5.41, 5.74) is 1.76. The number of thioether (sulfide) groups is 1. The van der Waals surface area contributed by atoms with Gasteiger partial charge in [-0.05, 0) is 29.8 Å². The van der Waals surface area contributed by atoms with E-state index < -0.39 is 0 Å². The second kappa shape index (κ2) is 9.27. The molecule has 1 heterocycles. The molecule has 2 amide bonds. The fraction of sp³-hybridized carbons (Fsp3) is 0.250. The topological polar surface area (TPSA) is 63.2 Å². The summed E-state index contributed by atoms with van der Waals surface area (Å²) in [5, 5.41) is 6.08. The molecule has 0 fully saturated rings. The number of hydrogen-bond acceptors (Lipinski definition) is 4. The molecule has 0 spiro atoms. The molecule has 2 N–H and O–H groups in total. The quantitative estimate of drug-likeness (QED) is 0.588. The molecule has 23 heavy (non-hydrogen) atoms. The molecule has 0 bridgehead atoms. The zero-order chi connectivity index (χ0) is 16.5. The molecule has 0 radical (unpaired) electrons. The van der Waals surface area contributed by atoms with Gasteiger partial charge in [-0.2, -0.15) is 11.8 Å². The van der Waals surface area contributed by atoms with Crippen LogP contribution in [0.2, 0.25) is 5.15 Å². The van der Waals surface area contributed by atoms with Gasteiger partial charge in [0.25, 0.3) is 0 Å². The Bertz CT molecular complexity index is 655. The number of ether oxygens (including phenoxy) is 1. The van der Waals surface area contributed by atoms with E-state index in [9.17, 15) is 4.79 Å². The molecule has 1 aromatic heterocycles. The molecule has 0 aliphatic rings. The highest BCUT2D eigenvalue weighted by molar-refractivity contribution is 7.98. The summed E-state index contributed by atoms with van der Waals surface area (Å²) < 4.78 is 5.19. The standard InChI is InChI=1S/C16H18ClN3O2S/c1-22-14-5-3-2-4-13(14)20-16(21)19-8-9-23-11-12-6-7-18-15(17)10-12/h2-7,10H,8-9,11H2,1H3,(H2,19,20,21). The molecule has 0 aliphatic heterocycles. The lowest BCUT2D eigenvalue weighted by atomic mass is 10.3. The first-order valence-corrected chi connectivity index (χ1v) is 8.58. The van der Waals surface area contributed by atoms with E-state index in [0.717, 1.165) is 17.1 Å². The molecule has 5 nitrogen and oxygen atoms in total. The first kappa shape index (κ1) is 17.4. The van der Waals surface area contributed by atoms with Crippen molar-refractivity contribution in [3.63, 3.8) is 0 Å². The van der Waals surface area contributed by atoms with Crippen LogP contribution in [-0.4, -0.2) is 30.4 Å². The lowest BCUT2D eigenvalue weighted by molar-refractivity contribution is 0.252. The molecule has 0 saturated heterocycles. The third-order valence-electron chi connectivity index (χ3n) is 2.95. The van der Waals surface area contributed by atoms with Gasteiger partial charge in [-0.1, -0.05) is 23.7 Å². The number of para-hydroxylation sites is 2. The number of aromatic nitrogens is 1. The highest BCUT2D eigenvalue weighted by Gasteiger charge is 2.05. The summed E-state index contributed by atoms with van der Waals surface area (Å²) >= 11 is 7.55. The summed E-state index contributed by atoms with van der Waals surface area (Å²) in [5.74, 6) is 2.27. The van der Waals surface area contributed by atoms with E-state index in [1.54, 1.807) is 37.2 Å². The maximum absolute atomic E-state index is 11.8. The predicted molar refractivity (Wildman–Crippen MR) is 95.4 cm³/mol. The zero-order valence-electron chi connectivity index (χ0n) is 12.7. The van der Waals surface area contributed by atoms with Gasteiger partial charge in [0.2, 0.25) is 0 Å². The number of hydrogen-bond donors (Lipinski definition) is 2. The van der Waals surface area contributed by atoms with Gasteiger partial charge in [-0.25, -0.2) is 9.78 Å². The normalized spacial score (nSPS) is 10.2.